The maximum absolute atomic E-state index is 11.9. The molecule has 0 saturated heterocycles. The van der Waals surface area contributed by atoms with Crippen molar-refractivity contribution in [3.63, 3.8) is 0 Å². The number of fused-ring (bicyclic) bond motifs is 1. The van der Waals surface area contributed by atoms with Crippen LogP contribution < -0.4 is 0 Å². The number of ketones is 1. The molecule has 2 rings (SSSR count). The number of rotatable bonds is 4. The van der Waals surface area contributed by atoms with E-state index in [1.807, 2.05) is 35.9 Å². The first-order valence-electron chi connectivity index (χ1n) is 6.13. The topological polar surface area (TPSA) is 55.1 Å². The molecule has 0 atom stereocenters. The Bertz CT molecular complexity index is 579. The van der Waals surface area contributed by atoms with Gasteiger partial charge >= 0.3 is 0 Å². The van der Waals surface area contributed by atoms with Crippen LogP contribution in [-0.4, -0.2) is 26.3 Å². The minimum atomic E-state index is -1.31. The Morgan fingerprint density at radius 2 is 2.06 bits per heavy atom. The molecule has 0 fully saturated rings. The van der Waals surface area contributed by atoms with Crippen molar-refractivity contribution in [2.45, 2.75) is 39.3 Å². The van der Waals surface area contributed by atoms with Crippen LogP contribution in [0.3, 0.4) is 0 Å². The van der Waals surface area contributed by atoms with E-state index in [0.29, 0.717) is 0 Å². The summed E-state index contributed by atoms with van der Waals surface area (Å²) in [6, 6.07) is 7.84. The highest BCUT2D eigenvalue weighted by molar-refractivity contribution is 5.92. The largest absolute Gasteiger partial charge is 0.383 e. The lowest BCUT2D eigenvalue weighted by Gasteiger charge is -2.14. The summed E-state index contributed by atoms with van der Waals surface area (Å²) in [6.07, 6.45) is 0.164. The van der Waals surface area contributed by atoms with Gasteiger partial charge in [0.2, 0.25) is 0 Å². The molecule has 0 unspecified atom stereocenters. The van der Waals surface area contributed by atoms with Crippen molar-refractivity contribution in [2.75, 3.05) is 0 Å². The van der Waals surface area contributed by atoms with Crippen molar-refractivity contribution in [1.29, 1.82) is 0 Å². The summed E-state index contributed by atoms with van der Waals surface area (Å²) < 4.78 is 1.88. The molecule has 0 aliphatic rings. The molecule has 1 heterocycles. The van der Waals surface area contributed by atoms with Crippen LogP contribution in [0.15, 0.2) is 24.3 Å². The van der Waals surface area contributed by atoms with E-state index in [4.69, 9.17) is 0 Å². The van der Waals surface area contributed by atoms with Crippen LogP contribution in [0.25, 0.3) is 10.9 Å². The smallest absolute Gasteiger partial charge is 0.169 e. The van der Waals surface area contributed by atoms with E-state index in [2.05, 4.69) is 5.10 Å². The predicted molar refractivity (Wildman–Crippen MR) is 70.4 cm³/mol. The van der Waals surface area contributed by atoms with Crippen LogP contribution in [0.1, 0.15) is 26.5 Å². The number of carbonyl (C=O) groups is 1. The van der Waals surface area contributed by atoms with Crippen LogP contribution in [0.2, 0.25) is 0 Å². The van der Waals surface area contributed by atoms with E-state index in [9.17, 15) is 9.90 Å². The maximum Gasteiger partial charge on any atom is 0.169 e. The van der Waals surface area contributed by atoms with Crippen molar-refractivity contribution >= 4 is 16.7 Å². The number of aliphatic hydroxyl groups is 1. The van der Waals surface area contributed by atoms with Gasteiger partial charge in [0.05, 0.1) is 17.6 Å². The average Bonchev–Trinajstić information content (AvgIpc) is 2.67. The van der Waals surface area contributed by atoms with Crippen LogP contribution in [0, 0.1) is 0 Å². The first-order chi connectivity index (χ1) is 8.43. The maximum atomic E-state index is 11.9. The third-order valence-corrected chi connectivity index (χ3v) is 3.04. The second-order valence-corrected chi connectivity index (χ2v) is 4.94. The average molecular weight is 246 g/mol. The summed E-state index contributed by atoms with van der Waals surface area (Å²) >= 11 is 0. The summed E-state index contributed by atoms with van der Waals surface area (Å²) in [5.41, 5.74) is 0.454. The Labute approximate surface area is 106 Å². The summed E-state index contributed by atoms with van der Waals surface area (Å²) in [5.74, 6) is -0.214. The van der Waals surface area contributed by atoms with Gasteiger partial charge in [-0.25, -0.2) is 0 Å². The highest BCUT2D eigenvalue weighted by Crippen LogP contribution is 2.20. The molecule has 0 spiro atoms. The lowest BCUT2D eigenvalue weighted by Crippen LogP contribution is -2.32. The van der Waals surface area contributed by atoms with E-state index >= 15 is 0 Å². The molecule has 4 nitrogen and oxygen atoms in total. The molecule has 2 aromatic rings. The van der Waals surface area contributed by atoms with Crippen molar-refractivity contribution in [1.82, 2.24) is 9.78 Å². The lowest BCUT2D eigenvalue weighted by atomic mass is 9.98. The lowest BCUT2D eigenvalue weighted by molar-refractivity contribution is -0.133. The van der Waals surface area contributed by atoms with Crippen LogP contribution >= 0.6 is 0 Å². The second kappa shape index (κ2) is 4.53. The fourth-order valence-electron chi connectivity index (χ4n) is 1.94. The Hall–Kier alpha value is -1.68. The Morgan fingerprint density at radius 1 is 1.39 bits per heavy atom. The fraction of sp³-hybridized carbons (Fsp3) is 0.429. The van der Waals surface area contributed by atoms with Gasteiger partial charge in [-0.1, -0.05) is 18.2 Å². The van der Waals surface area contributed by atoms with Gasteiger partial charge in [-0.05, 0) is 26.8 Å². The summed E-state index contributed by atoms with van der Waals surface area (Å²) in [7, 11) is 0. The third kappa shape index (κ3) is 2.29. The van der Waals surface area contributed by atoms with Crippen molar-refractivity contribution < 1.29 is 9.90 Å². The summed E-state index contributed by atoms with van der Waals surface area (Å²) in [4.78, 5) is 11.9. The van der Waals surface area contributed by atoms with Gasteiger partial charge in [0, 0.05) is 11.9 Å². The van der Waals surface area contributed by atoms with Gasteiger partial charge < -0.3 is 5.11 Å². The number of aromatic nitrogens is 2. The van der Waals surface area contributed by atoms with Gasteiger partial charge in [-0.3, -0.25) is 9.48 Å². The van der Waals surface area contributed by atoms with E-state index in [0.717, 1.165) is 23.1 Å². The molecule has 0 aliphatic heterocycles. The number of hydrogen-bond acceptors (Lipinski definition) is 3. The molecule has 0 aliphatic carbocycles. The number of para-hydroxylation sites is 1. The van der Waals surface area contributed by atoms with Gasteiger partial charge in [0.25, 0.3) is 0 Å². The standard InChI is InChI=1S/C14H18N2O2/c1-4-16-12-8-6-5-7-10(12)11(15-16)9-13(17)14(2,3)18/h5-8,18H,4,9H2,1-3H3. The quantitative estimate of drug-likeness (QED) is 0.897. The second-order valence-electron chi connectivity index (χ2n) is 4.94. The Morgan fingerprint density at radius 3 is 2.67 bits per heavy atom. The zero-order chi connectivity index (χ0) is 13.3. The molecule has 0 bridgehead atoms. The number of carbonyl (C=O) groups excluding carboxylic acids is 1. The van der Waals surface area contributed by atoms with E-state index < -0.39 is 5.60 Å². The Balaban J connectivity index is 2.43. The van der Waals surface area contributed by atoms with Crippen molar-refractivity contribution in [3.8, 4) is 0 Å². The molecule has 0 radical (unpaired) electrons. The number of aryl methyl sites for hydroxylation is 1. The highest BCUT2D eigenvalue weighted by Gasteiger charge is 2.25. The molecule has 1 aromatic carbocycles. The van der Waals surface area contributed by atoms with Crippen molar-refractivity contribution in [3.05, 3.63) is 30.0 Å². The number of hydrogen-bond donors (Lipinski definition) is 1. The minimum Gasteiger partial charge on any atom is -0.383 e. The van der Waals surface area contributed by atoms with Crippen molar-refractivity contribution in [2.24, 2.45) is 0 Å². The minimum absolute atomic E-state index is 0.164. The summed E-state index contributed by atoms with van der Waals surface area (Å²) in [6.45, 7) is 5.79. The Kier molecular flexibility index (Phi) is 3.22. The highest BCUT2D eigenvalue weighted by atomic mass is 16.3. The van der Waals surface area contributed by atoms with E-state index in [1.165, 1.54) is 13.8 Å². The number of Topliss-reactive ketones (excluding diaryl/α,β-unsaturated/α-hetero) is 1. The summed E-state index contributed by atoms with van der Waals surface area (Å²) in [5, 5.41) is 15.1. The van der Waals surface area contributed by atoms with Crippen LogP contribution in [0.4, 0.5) is 0 Å². The molecular weight excluding hydrogens is 228 g/mol. The third-order valence-electron chi connectivity index (χ3n) is 3.04. The zero-order valence-electron chi connectivity index (χ0n) is 11.0. The first kappa shape index (κ1) is 12.8. The first-order valence-corrected chi connectivity index (χ1v) is 6.13. The molecule has 18 heavy (non-hydrogen) atoms. The van der Waals surface area contributed by atoms with E-state index in [1.54, 1.807) is 0 Å². The fourth-order valence-corrected chi connectivity index (χ4v) is 1.94. The molecule has 0 amide bonds. The molecule has 96 valence electrons. The molecular formula is C14H18N2O2. The van der Waals surface area contributed by atoms with Gasteiger partial charge in [0.15, 0.2) is 5.78 Å². The predicted octanol–water partition coefficient (Wildman–Crippen LogP) is 1.94. The number of benzene rings is 1. The van der Waals surface area contributed by atoms with Crippen LogP contribution in [0.5, 0.6) is 0 Å². The monoisotopic (exact) mass is 246 g/mol. The number of nitrogens with zero attached hydrogens (tertiary/aromatic N) is 2. The zero-order valence-corrected chi connectivity index (χ0v) is 11.0. The molecule has 1 aromatic heterocycles. The van der Waals surface area contributed by atoms with E-state index in [-0.39, 0.29) is 12.2 Å². The van der Waals surface area contributed by atoms with Gasteiger partial charge in [-0.2, -0.15) is 5.10 Å². The normalized spacial score (nSPS) is 12.0. The van der Waals surface area contributed by atoms with Crippen LogP contribution in [-0.2, 0) is 17.8 Å². The molecule has 1 N–H and O–H groups in total. The SMILES string of the molecule is CCn1nc(CC(=O)C(C)(C)O)c2ccccc21. The molecule has 0 saturated carbocycles. The van der Waals surface area contributed by atoms with Gasteiger partial charge in [0.1, 0.15) is 5.60 Å². The van der Waals surface area contributed by atoms with Gasteiger partial charge in [-0.15, -0.1) is 0 Å². The molecule has 4 heteroatoms.